The third-order valence-electron chi connectivity index (χ3n) is 21.5. The van der Waals surface area contributed by atoms with Crippen LogP contribution in [0.15, 0.2) is 387 Å². The molecule has 3 N–H and O–H groups in total. The summed E-state index contributed by atoms with van der Waals surface area (Å²) in [7, 11) is 7.74. The minimum atomic E-state index is -0.600. The first-order chi connectivity index (χ1) is 69.7. The van der Waals surface area contributed by atoms with Crippen molar-refractivity contribution < 1.29 is 106 Å². The molecule has 0 bridgehead atoms. The Hall–Kier alpha value is -13.0. The quantitative estimate of drug-likeness (QED) is 0.0701. The Kier molecular flexibility index (Phi) is 42.7. The van der Waals surface area contributed by atoms with Crippen LogP contribution in [0.2, 0.25) is 25.1 Å². The fourth-order valence-corrected chi connectivity index (χ4v) is 17.0. The van der Waals surface area contributed by atoms with Gasteiger partial charge in [-0.2, -0.15) is 32.0 Å². The molecule has 6 heterocycles. The van der Waals surface area contributed by atoms with Gasteiger partial charge in [0, 0.05) is 71.6 Å². The summed E-state index contributed by atoms with van der Waals surface area (Å²) in [4.78, 5) is 12.5. The van der Waals surface area contributed by atoms with Gasteiger partial charge < -0.3 is 75.8 Å². The number of halogens is 11. The summed E-state index contributed by atoms with van der Waals surface area (Å²) in [6.45, 7) is 10.0. The Morgan fingerprint density at radius 3 is 1.11 bits per heavy atom. The van der Waals surface area contributed by atoms with Crippen LogP contribution in [0.25, 0.3) is 142 Å². The van der Waals surface area contributed by atoms with E-state index in [1.54, 1.807) is 102 Å². The van der Waals surface area contributed by atoms with Gasteiger partial charge >= 0.3 is 49.4 Å². The molecule has 720 valence electrons. The Morgan fingerprint density at radius 1 is 0.299 bits per heavy atom. The molecule has 23 aromatic rings. The van der Waals surface area contributed by atoms with E-state index >= 15 is 0 Å². The van der Waals surface area contributed by atoms with Crippen LogP contribution in [-0.4, -0.2) is 65.8 Å². The SMILES string of the molecule is COc1ccc(Br)c(F)c1Cl.COc1ccc(Br)c(Oc2cccc3ccccc23)c1Cl.COc1ccc2c(oc3c4ccccc4ccc23)c1-c1ccccn1.COc1ccc2c(oc3c4ccccc4ccc23)c1Cl.COc1cccc(F)c1Cl.Oc1ccc2c(oc3c4ccccc4ccc23)c1-c1ccccn1.Oc1cccc(F)c1Cl.Oc1cccc2ccccc12.[CH2-]C.[CH2-]C.[Zn+2].[Zn+][Br].[c-]1ccccn1. The predicted molar refractivity (Wildman–Crippen MR) is 586 cm³/mol. The number of hydrogen-bond donors (Lipinski definition) is 3. The number of benzene rings is 17. The maximum Gasteiger partial charge on any atom is -0.0813 e. The summed E-state index contributed by atoms with van der Waals surface area (Å²) < 4.78 is 89.2. The summed E-state index contributed by atoms with van der Waals surface area (Å²) in [6.07, 6.45) is 7.83. The van der Waals surface area contributed by atoms with Crippen LogP contribution in [0.1, 0.15) is 13.8 Å². The Labute approximate surface area is 901 Å². The molecule has 0 spiro atoms. The standard InChI is InChI=1S/C22H15NO2.C21H13NO2.C17H12BrClO2.C17H11ClO2.C10H8O.C7H5BrClFO.C7H6ClFO.C6H4ClFO.C5H4N.2C2H5.BrH.2Zn/c1-24-19-12-11-17-16-10-9-14-6-2-3-7-15(14)21(16)25-22(17)20(19)18-8-4-5-13-23-18;23-18-11-10-16-15-9-8-13-5-1-2-6-14(13)20(15)24-21(16)19(18)17-7-3-4-12-22-17;1-20-15-10-9-13(18)17(16(15)19)21-14-8-4-6-11-5-2-3-7-12(11)14;1-19-14-9-8-13-12-7-6-10-4-2-3-5-11(10)16(12)20-17(13)15(14)18;11-10-7-3-5-8-4-1-2-6-9(8)10;1-11-5-3-2-4(8)7(10)6(5)9;1-10-6-4-2-3-5(9)7(6)8;7-6-4(8)2-1-3-5(6)9;1-2-4-6-5-3-1;2*1-2;;;/h2-13H,1H3;1-12,23H;2-10H,1H3;2-9H,1H3;1-7,11H;2-3H,1H3;2-4H,1H3;1-3,9H;1-4H;2*1H2,2H3;1H;;/q;;;;;;;;3*-1;;2*+2/p-1. The van der Waals surface area contributed by atoms with Crippen LogP contribution in [0.4, 0.5) is 13.2 Å². The molecule has 0 aliphatic carbocycles. The van der Waals surface area contributed by atoms with Gasteiger partial charge in [0.25, 0.3) is 0 Å². The van der Waals surface area contributed by atoms with Gasteiger partial charge in [-0.05, 0) is 198 Å². The fourth-order valence-electron chi connectivity index (χ4n) is 14.9. The van der Waals surface area contributed by atoms with Gasteiger partial charge in [-0.15, -0.1) is 0 Å². The van der Waals surface area contributed by atoms with Crippen LogP contribution in [0, 0.1) is 37.5 Å². The molecule has 0 aliphatic heterocycles. The first-order valence-electron chi connectivity index (χ1n) is 43.6. The summed E-state index contributed by atoms with van der Waals surface area (Å²) in [5.41, 5.74) is 7.83. The topological polar surface area (TPSA) is 194 Å². The number of fused-ring (bicyclic) bond motifs is 17. The molecule has 23 rings (SSSR count). The van der Waals surface area contributed by atoms with Gasteiger partial charge in [-0.1, -0.05) is 258 Å². The first-order valence-corrected chi connectivity index (χ1v) is 54.1. The van der Waals surface area contributed by atoms with E-state index in [0.29, 0.717) is 71.4 Å². The Morgan fingerprint density at radius 2 is 0.653 bits per heavy atom. The number of furan rings is 3. The fraction of sp³-hybridized carbons (Fsp3) is 0.0603. The molecular weight excluding hydrogens is 2230 g/mol. The van der Waals surface area contributed by atoms with Gasteiger partial charge in [-0.25, -0.2) is 13.2 Å². The molecule has 0 amide bonds. The van der Waals surface area contributed by atoms with Crippen LogP contribution >= 0.6 is 103 Å². The zero-order valence-electron chi connectivity index (χ0n) is 78.5. The largest absolute Gasteiger partial charge is 0.394 e. The number of phenolic OH excluding ortho intramolecular Hbond substituents is 3. The van der Waals surface area contributed by atoms with Crippen LogP contribution in [0.5, 0.6) is 57.5 Å². The van der Waals surface area contributed by atoms with Crippen molar-refractivity contribution in [3.05, 3.63) is 436 Å². The maximum atomic E-state index is 12.9. The van der Waals surface area contributed by atoms with Crippen molar-refractivity contribution in [1.82, 2.24) is 15.0 Å². The molecule has 144 heavy (non-hydrogen) atoms. The smallest absolute Gasteiger partial charge is 0.0813 e. The number of hydrogen-bond acceptors (Lipinski definition) is 15. The third kappa shape index (κ3) is 26.6. The molecule has 0 unspecified atom stereocenters. The van der Waals surface area contributed by atoms with Crippen molar-refractivity contribution in [2.45, 2.75) is 13.8 Å². The van der Waals surface area contributed by atoms with E-state index in [2.05, 4.69) is 159 Å². The number of aromatic nitrogens is 3. The number of methoxy groups -OCH3 is 5. The van der Waals surface area contributed by atoms with Gasteiger partial charge in [0.2, 0.25) is 0 Å². The first kappa shape index (κ1) is 111. The van der Waals surface area contributed by atoms with Crippen LogP contribution in [0.3, 0.4) is 0 Å². The van der Waals surface area contributed by atoms with E-state index < -0.39 is 17.5 Å². The molecular formula is C116H88Br3Cl5F3N3O12Zn2. The van der Waals surface area contributed by atoms with Gasteiger partial charge in [0.05, 0.1) is 67.0 Å². The van der Waals surface area contributed by atoms with Crippen molar-refractivity contribution in [2.75, 3.05) is 35.5 Å². The van der Waals surface area contributed by atoms with Crippen LogP contribution < -0.4 is 28.4 Å². The van der Waals surface area contributed by atoms with Gasteiger partial charge in [-0.3, -0.25) is 9.97 Å². The summed E-state index contributed by atoms with van der Waals surface area (Å²) in [5.74, 6) is 2.71. The number of pyridine rings is 3. The molecule has 0 atom stereocenters. The van der Waals surface area contributed by atoms with E-state index in [1.807, 2.05) is 194 Å². The van der Waals surface area contributed by atoms with Crippen molar-refractivity contribution >= 4 is 223 Å². The molecule has 0 fully saturated rings. The summed E-state index contributed by atoms with van der Waals surface area (Å²) in [6, 6.07) is 108. The van der Waals surface area contributed by atoms with E-state index in [0.717, 1.165) is 130 Å². The monoisotopic (exact) mass is 2310 g/mol. The second-order valence-corrected chi connectivity index (χ2v) is 33.3. The second-order valence-electron chi connectivity index (χ2n) is 29.7. The molecule has 15 nitrogen and oxygen atoms in total. The van der Waals surface area contributed by atoms with E-state index in [-0.39, 0.29) is 46.0 Å². The minimum absolute atomic E-state index is 0. The van der Waals surface area contributed by atoms with E-state index in [9.17, 15) is 23.4 Å². The van der Waals surface area contributed by atoms with E-state index in [1.165, 1.54) is 60.2 Å². The van der Waals surface area contributed by atoms with Crippen molar-refractivity contribution in [1.29, 1.82) is 0 Å². The molecule has 28 heteroatoms. The molecule has 0 saturated carbocycles. The van der Waals surface area contributed by atoms with Crippen molar-refractivity contribution in [2.24, 2.45) is 0 Å². The number of rotatable bonds is 9. The molecule has 0 radical (unpaired) electrons. The number of aromatic hydroxyl groups is 3. The van der Waals surface area contributed by atoms with Crippen molar-refractivity contribution in [3.63, 3.8) is 0 Å². The van der Waals surface area contributed by atoms with Gasteiger partial charge in [0.15, 0.2) is 17.1 Å². The second kappa shape index (κ2) is 55.2. The zero-order chi connectivity index (χ0) is 102. The predicted octanol–water partition coefficient (Wildman–Crippen LogP) is 36.6. The zero-order valence-corrected chi connectivity index (χ0v) is 93.0. The third-order valence-corrected chi connectivity index (χ3v) is 24.5. The summed E-state index contributed by atoms with van der Waals surface area (Å²) >= 11 is 39.7. The van der Waals surface area contributed by atoms with Crippen LogP contribution in [-0.2, 0) is 35.8 Å². The van der Waals surface area contributed by atoms with Gasteiger partial charge in [0.1, 0.15) is 116 Å². The Bertz CT molecular complexity index is 8180. The number of nitrogens with zero attached hydrogens (tertiary/aromatic N) is 3. The Balaban J connectivity index is 0.000000158. The van der Waals surface area contributed by atoms with Crippen molar-refractivity contribution in [3.8, 4) is 80.0 Å². The molecule has 6 aromatic heterocycles. The number of ether oxygens (including phenoxy) is 6. The maximum absolute atomic E-state index is 12.9. The average molecular weight is 2320 g/mol. The minimum Gasteiger partial charge on any atom is -0.394 e. The number of phenols is 3. The molecule has 0 aliphatic rings. The molecule has 0 saturated heterocycles. The normalized spacial score (nSPS) is 10.3. The summed E-state index contributed by atoms with van der Waals surface area (Å²) in [5, 5.41) is 46.4. The van der Waals surface area contributed by atoms with E-state index in [4.69, 9.17) is 105 Å². The average Bonchev–Trinajstić information content (AvgIpc) is 1.60. The molecule has 17 aromatic carbocycles.